The lowest BCUT2D eigenvalue weighted by Crippen LogP contribution is -2.09. The average molecular weight is 378 g/mol. The summed E-state index contributed by atoms with van der Waals surface area (Å²) in [5.41, 5.74) is 5.03. The number of pyridine rings is 1. The van der Waals surface area contributed by atoms with E-state index < -0.39 is 0 Å². The minimum atomic E-state index is -0.388. The molecule has 146 valence electrons. The zero-order chi connectivity index (χ0) is 20.1. The van der Waals surface area contributed by atoms with E-state index in [1.54, 1.807) is 13.1 Å². The number of nitrogens with one attached hydrogen (secondary N) is 1. The molecule has 0 radical (unpaired) electrons. The number of hydrogen-bond donors (Lipinski definition) is 1. The lowest BCUT2D eigenvalue weighted by atomic mass is 10.0. The van der Waals surface area contributed by atoms with Crippen molar-refractivity contribution in [3.63, 3.8) is 0 Å². The molecule has 0 saturated heterocycles. The van der Waals surface area contributed by atoms with E-state index in [-0.39, 0.29) is 5.97 Å². The topological polar surface area (TPSA) is 60.5 Å². The number of ether oxygens (including phenoxy) is 2. The van der Waals surface area contributed by atoms with Crippen LogP contribution in [0.15, 0.2) is 42.6 Å². The summed E-state index contributed by atoms with van der Waals surface area (Å²) in [6.07, 6.45) is 2.55. The number of rotatable bonds is 7. The third-order valence-corrected chi connectivity index (χ3v) is 4.40. The number of hydrogen-bond acceptors (Lipinski definition) is 5. The van der Waals surface area contributed by atoms with E-state index >= 15 is 0 Å². The highest BCUT2D eigenvalue weighted by Crippen LogP contribution is 2.32. The maximum absolute atomic E-state index is 12.5. The molecule has 0 unspecified atom stereocenters. The highest BCUT2D eigenvalue weighted by molar-refractivity contribution is 6.06. The molecule has 0 atom stereocenters. The van der Waals surface area contributed by atoms with E-state index in [1.165, 1.54) is 0 Å². The quantitative estimate of drug-likeness (QED) is 0.545. The van der Waals surface area contributed by atoms with Crippen LogP contribution in [0.1, 0.15) is 41.8 Å². The van der Waals surface area contributed by atoms with Crippen LogP contribution in [-0.2, 0) is 4.74 Å². The second-order valence-corrected chi connectivity index (χ2v) is 6.74. The standard InChI is InChI=1S/C23H26N2O3/c1-5-11-28-18-9-7-17(8-10-18)25-22-19-13-15(3)12-16(4)21(19)24-14-20(22)23(26)27-6-2/h7-10,12-14H,5-6,11H2,1-4H3,(H,24,25). The van der Waals surface area contributed by atoms with Gasteiger partial charge in [0, 0.05) is 17.3 Å². The van der Waals surface area contributed by atoms with Gasteiger partial charge in [0.05, 0.1) is 24.4 Å². The van der Waals surface area contributed by atoms with Crippen LogP contribution < -0.4 is 10.1 Å². The lowest BCUT2D eigenvalue weighted by molar-refractivity contribution is 0.0527. The Bertz CT molecular complexity index is 981. The van der Waals surface area contributed by atoms with Crippen LogP contribution >= 0.6 is 0 Å². The normalized spacial score (nSPS) is 10.7. The van der Waals surface area contributed by atoms with Crippen molar-refractivity contribution < 1.29 is 14.3 Å². The van der Waals surface area contributed by atoms with Crippen LogP contribution in [0.2, 0.25) is 0 Å². The monoisotopic (exact) mass is 378 g/mol. The van der Waals surface area contributed by atoms with Gasteiger partial charge in [0.2, 0.25) is 0 Å². The third kappa shape index (κ3) is 4.25. The molecule has 0 fully saturated rings. The summed E-state index contributed by atoms with van der Waals surface area (Å²) in [5.74, 6) is 0.436. The zero-order valence-corrected chi connectivity index (χ0v) is 16.8. The molecule has 0 bridgehead atoms. The second kappa shape index (κ2) is 8.74. The molecule has 5 heteroatoms. The maximum atomic E-state index is 12.5. The fourth-order valence-electron chi connectivity index (χ4n) is 3.16. The summed E-state index contributed by atoms with van der Waals surface area (Å²) >= 11 is 0. The van der Waals surface area contributed by atoms with Crippen molar-refractivity contribution in [3.05, 3.63) is 59.3 Å². The Morgan fingerprint density at radius 3 is 2.54 bits per heavy atom. The SMILES string of the molecule is CCCOc1ccc(Nc2c(C(=O)OCC)cnc3c(C)cc(C)cc23)cc1. The van der Waals surface area contributed by atoms with Gasteiger partial charge in [-0.05, 0) is 63.1 Å². The maximum Gasteiger partial charge on any atom is 0.341 e. The van der Waals surface area contributed by atoms with E-state index in [1.807, 2.05) is 44.2 Å². The van der Waals surface area contributed by atoms with Gasteiger partial charge in [-0.3, -0.25) is 4.98 Å². The van der Waals surface area contributed by atoms with Gasteiger partial charge in [-0.25, -0.2) is 4.79 Å². The molecular formula is C23H26N2O3. The van der Waals surface area contributed by atoms with Crippen LogP contribution in [-0.4, -0.2) is 24.2 Å². The third-order valence-electron chi connectivity index (χ3n) is 4.40. The molecule has 28 heavy (non-hydrogen) atoms. The molecule has 2 aromatic carbocycles. The number of carbonyl (C=O) groups is 1. The summed E-state index contributed by atoms with van der Waals surface area (Å²) < 4.78 is 10.9. The van der Waals surface area contributed by atoms with Gasteiger partial charge in [0.15, 0.2) is 0 Å². The largest absolute Gasteiger partial charge is 0.494 e. The number of carbonyl (C=O) groups excluding carboxylic acids is 1. The first kappa shape index (κ1) is 19.7. The fourth-order valence-corrected chi connectivity index (χ4v) is 3.16. The molecule has 0 aliphatic heterocycles. The van der Waals surface area contributed by atoms with Crippen LogP contribution in [0.25, 0.3) is 10.9 Å². The number of fused-ring (bicyclic) bond motifs is 1. The lowest BCUT2D eigenvalue weighted by Gasteiger charge is -2.16. The number of nitrogens with zero attached hydrogens (tertiary/aromatic N) is 1. The molecule has 0 spiro atoms. The fraction of sp³-hybridized carbons (Fsp3) is 0.304. The predicted octanol–water partition coefficient (Wildman–Crippen LogP) is 5.56. The Kier molecular flexibility index (Phi) is 6.14. The summed E-state index contributed by atoms with van der Waals surface area (Å²) in [6, 6.07) is 11.8. The van der Waals surface area contributed by atoms with Crippen molar-refractivity contribution >= 4 is 28.2 Å². The van der Waals surface area contributed by atoms with Crippen molar-refractivity contribution in [1.29, 1.82) is 0 Å². The van der Waals surface area contributed by atoms with Crippen LogP contribution in [0, 0.1) is 13.8 Å². The predicted molar refractivity (Wildman–Crippen MR) is 113 cm³/mol. The molecule has 0 saturated carbocycles. The molecule has 0 amide bonds. The molecule has 0 aliphatic rings. The Morgan fingerprint density at radius 1 is 1.11 bits per heavy atom. The van der Waals surface area contributed by atoms with E-state index in [0.717, 1.165) is 39.9 Å². The number of benzene rings is 2. The van der Waals surface area contributed by atoms with Crippen molar-refractivity contribution in [1.82, 2.24) is 4.98 Å². The van der Waals surface area contributed by atoms with Crippen LogP contribution in [0.4, 0.5) is 11.4 Å². The van der Waals surface area contributed by atoms with Gasteiger partial charge < -0.3 is 14.8 Å². The molecule has 5 nitrogen and oxygen atoms in total. The Labute approximate surface area is 165 Å². The van der Waals surface area contributed by atoms with Gasteiger partial charge >= 0.3 is 5.97 Å². The van der Waals surface area contributed by atoms with E-state index in [2.05, 4.69) is 23.3 Å². The average Bonchev–Trinajstić information content (AvgIpc) is 2.68. The molecule has 1 N–H and O–H groups in total. The molecular weight excluding hydrogens is 352 g/mol. The van der Waals surface area contributed by atoms with Gasteiger partial charge in [-0.2, -0.15) is 0 Å². The van der Waals surface area contributed by atoms with Crippen molar-refractivity contribution in [2.24, 2.45) is 0 Å². The van der Waals surface area contributed by atoms with Crippen molar-refractivity contribution in [2.75, 3.05) is 18.5 Å². The highest BCUT2D eigenvalue weighted by atomic mass is 16.5. The summed E-state index contributed by atoms with van der Waals surface area (Å²) in [5, 5.41) is 4.29. The smallest absolute Gasteiger partial charge is 0.341 e. The Balaban J connectivity index is 2.05. The Hall–Kier alpha value is -3.08. The molecule has 3 aromatic rings. The minimum absolute atomic E-state index is 0.312. The first-order valence-corrected chi connectivity index (χ1v) is 9.60. The number of esters is 1. The highest BCUT2D eigenvalue weighted by Gasteiger charge is 2.18. The van der Waals surface area contributed by atoms with E-state index in [0.29, 0.717) is 24.5 Å². The number of aromatic nitrogens is 1. The summed E-state index contributed by atoms with van der Waals surface area (Å²) in [6.45, 7) is 8.93. The van der Waals surface area contributed by atoms with Gasteiger partial charge in [0.25, 0.3) is 0 Å². The zero-order valence-electron chi connectivity index (χ0n) is 16.8. The van der Waals surface area contributed by atoms with Gasteiger partial charge in [-0.15, -0.1) is 0 Å². The molecule has 0 aliphatic carbocycles. The second-order valence-electron chi connectivity index (χ2n) is 6.74. The van der Waals surface area contributed by atoms with Crippen molar-refractivity contribution in [3.8, 4) is 5.75 Å². The first-order chi connectivity index (χ1) is 13.5. The molecule has 1 heterocycles. The number of anilines is 2. The van der Waals surface area contributed by atoms with E-state index in [9.17, 15) is 4.79 Å². The molecule has 3 rings (SSSR count). The van der Waals surface area contributed by atoms with Crippen LogP contribution in [0.5, 0.6) is 5.75 Å². The van der Waals surface area contributed by atoms with Crippen molar-refractivity contribution in [2.45, 2.75) is 34.1 Å². The van der Waals surface area contributed by atoms with Gasteiger partial charge in [-0.1, -0.05) is 18.6 Å². The Morgan fingerprint density at radius 2 is 1.86 bits per heavy atom. The van der Waals surface area contributed by atoms with Crippen LogP contribution in [0.3, 0.4) is 0 Å². The first-order valence-electron chi connectivity index (χ1n) is 9.60. The van der Waals surface area contributed by atoms with Gasteiger partial charge in [0.1, 0.15) is 11.3 Å². The summed E-state index contributed by atoms with van der Waals surface area (Å²) in [4.78, 5) is 17.0. The summed E-state index contributed by atoms with van der Waals surface area (Å²) in [7, 11) is 0. The van der Waals surface area contributed by atoms with E-state index in [4.69, 9.17) is 9.47 Å². The number of aryl methyl sites for hydroxylation is 2. The minimum Gasteiger partial charge on any atom is -0.494 e. The molecule has 1 aromatic heterocycles.